The Morgan fingerprint density at radius 2 is 2.03 bits per heavy atom. The summed E-state index contributed by atoms with van der Waals surface area (Å²) in [5.74, 6) is 0.326. The summed E-state index contributed by atoms with van der Waals surface area (Å²) in [5, 5.41) is 0. The Hall–Kier alpha value is -2.48. The molecule has 1 aliphatic carbocycles. The number of amides is 1. The van der Waals surface area contributed by atoms with E-state index >= 15 is 0 Å². The maximum absolute atomic E-state index is 13.1. The Labute approximate surface area is 177 Å². The molecular weight excluding hydrogens is 398 g/mol. The lowest BCUT2D eigenvalue weighted by Crippen LogP contribution is -2.46. The van der Waals surface area contributed by atoms with E-state index in [2.05, 4.69) is 11.8 Å². The number of aromatic nitrogens is 2. The summed E-state index contributed by atoms with van der Waals surface area (Å²) in [6.07, 6.45) is 5.09. The van der Waals surface area contributed by atoms with Gasteiger partial charge in [0, 0.05) is 47.4 Å². The van der Waals surface area contributed by atoms with Crippen LogP contribution in [0.25, 0.3) is 11.3 Å². The van der Waals surface area contributed by atoms with Crippen molar-refractivity contribution in [1.29, 1.82) is 4.78 Å². The van der Waals surface area contributed by atoms with Crippen LogP contribution >= 0.6 is 0 Å². The minimum Gasteiger partial charge on any atom is -0.342 e. The van der Waals surface area contributed by atoms with E-state index in [-0.39, 0.29) is 11.7 Å². The number of aryl methyl sites for hydroxylation is 1. The molecule has 1 N–H and O–H groups in total. The van der Waals surface area contributed by atoms with Crippen molar-refractivity contribution in [2.75, 3.05) is 30.3 Å². The maximum atomic E-state index is 13.1. The lowest BCUT2D eigenvalue weighted by atomic mass is 10.0. The molecule has 2 saturated heterocycles. The van der Waals surface area contributed by atoms with Crippen LogP contribution in [0.4, 0.5) is 5.95 Å². The fourth-order valence-corrected chi connectivity index (χ4v) is 5.68. The van der Waals surface area contributed by atoms with Gasteiger partial charge in [-0.15, -0.1) is 0 Å². The van der Waals surface area contributed by atoms with Crippen LogP contribution in [0.15, 0.2) is 29.2 Å². The highest BCUT2D eigenvalue weighted by atomic mass is 32.2. The van der Waals surface area contributed by atoms with Crippen LogP contribution in [-0.2, 0) is 27.4 Å². The van der Waals surface area contributed by atoms with Gasteiger partial charge in [-0.1, -0.05) is 12.1 Å². The van der Waals surface area contributed by atoms with Gasteiger partial charge in [-0.2, -0.15) is 0 Å². The molecule has 5 rings (SSSR count). The summed E-state index contributed by atoms with van der Waals surface area (Å²) in [6, 6.07) is 7.72. The average molecular weight is 426 g/mol. The number of carbonyl (C=O) groups is 1. The van der Waals surface area contributed by atoms with Gasteiger partial charge >= 0.3 is 0 Å². The number of rotatable bonds is 5. The third kappa shape index (κ3) is 3.37. The molecule has 8 heteroatoms. The van der Waals surface area contributed by atoms with Gasteiger partial charge in [0.2, 0.25) is 11.9 Å². The second-order valence-electron chi connectivity index (χ2n) is 8.56. The first-order chi connectivity index (χ1) is 14.4. The van der Waals surface area contributed by atoms with Gasteiger partial charge in [-0.25, -0.2) is 19.0 Å². The van der Waals surface area contributed by atoms with Gasteiger partial charge in [-0.3, -0.25) is 4.79 Å². The van der Waals surface area contributed by atoms with Crippen molar-refractivity contribution in [2.45, 2.75) is 50.0 Å². The molecule has 3 heterocycles. The maximum Gasteiger partial charge on any atom is 0.236 e. The van der Waals surface area contributed by atoms with Gasteiger partial charge < -0.3 is 9.80 Å². The quantitative estimate of drug-likeness (QED) is 0.796. The normalized spacial score (nSPS) is 22.1. The number of carbonyl (C=O) groups excluding carboxylic acids is 1. The van der Waals surface area contributed by atoms with E-state index in [0.717, 1.165) is 67.1 Å². The highest BCUT2D eigenvalue weighted by Gasteiger charge is 2.30. The monoisotopic (exact) mass is 425 g/mol. The van der Waals surface area contributed by atoms with E-state index in [1.165, 1.54) is 0 Å². The largest absolute Gasteiger partial charge is 0.342 e. The Morgan fingerprint density at radius 3 is 2.70 bits per heavy atom. The van der Waals surface area contributed by atoms with Crippen molar-refractivity contribution in [3.63, 3.8) is 0 Å². The van der Waals surface area contributed by atoms with Gasteiger partial charge in [-0.05, 0) is 51.2 Å². The average Bonchev–Trinajstić information content (AvgIpc) is 3.13. The highest BCUT2D eigenvalue weighted by Crippen LogP contribution is 2.34. The molecule has 0 saturated carbocycles. The third-order valence-corrected chi connectivity index (χ3v) is 8.19. The molecule has 30 heavy (non-hydrogen) atoms. The summed E-state index contributed by atoms with van der Waals surface area (Å²) in [5.41, 5.74) is 4.02. The first kappa shape index (κ1) is 19.5. The predicted molar refractivity (Wildman–Crippen MR) is 116 cm³/mol. The van der Waals surface area contributed by atoms with Crippen LogP contribution in [0.5, 0.6) is 0 Å². The molecule has 0 bridgehead atoms. The van der Waals surface area contributed by atoms with E-state index < -0.39 is 9.73 Å². The van der Waals surface area contributed by atoms with Crippen molar-refractivity contribution in [3.8, 4) is 11.3 Å². The number of hydrogen-bond donors (Lipinski definition) is 1. The van der Waals surface area contributed by atoms with Crippen LogP contribution in [0.3, 0.4) is 0 Å². The van der Waals surface area contributed by atoms with Crippen LogP contribution in [-0.4, -0.2) is 56.4 Å². The van der Waals surface area contributed by atoms with E-state index in [0.29, 0.717) is 24.0 Å². The molecule has 158 valence electrons. The molecule has 0 radical (unpaired) electrons. The Morgan fingerprint density at radius 1 is 1.20 bits per heavy atom. The summed E-state index contributed by atoms with van der Waals surface area (Å²) in [4.78, 5) is 26.4. The second kappa shape index (κ2) is 7.34. The summed E-state index contributed by atoms with van der Waals surface area (Å²) in [7, 11) is -3.20. The molecule has 2 fully saturated rings. The van der Waals surface area contributed by atoms with Crippen LogP contribution in [0, 0.1) is 4.78 Å². The molecule has 7 nitrogen and oxygen atoms in total. The molecule has 1 amide bonds. The van der Waals surface area contributed by atoms with Gasteiger partial charge in [0.05, 0.1) is 15.4 Å². The Balaban J connectivity index is 1.50. The SMILES string of the molecule is C[C@H]1CCN1c1nc2c(c(-c3cccc(S(=N)(=O)CC(=O)N4CCC4)c3)n1)CCC2. The van der Waals surface area contributed by atoms with E-state index in [9.17, 15) is 9.00 Å². The number of nitrogens with one attached hydrogen (secondary N) is 1. The molecule has 2 aliphatic heterocycles. The molecule has 1 unspecified atom stereocenters. The van der Waals surface area contributed by atoms with E-state index in [1.807, 2.05) is 12.1 Å². The second-order valence-corrected chi connectivity index (χ2v) is 10.7. The smallest absolute Gasteiger partial charge is 0.236 e. The van der Waals surface area contributed by atoms with Gasteiger partial charge in [0.1, 0.15) is 5.75 Å². The predicted octanol–water partition coefficient (Wildman–Crippen LogP) is 2.87. The molecule has 2 aromatic rings. The molecule has 2 atom stereocenters. The molecular formula is C22H27N5O2S. The Bertz CT molecular complexity index is 1110. The molecule has 1 aromatic carbocycles. The van der Waals surface area contributed by atoms with Crippen molar-refractivity contribution in [2.24, 2.45) is 0 Å². The summed E-state index contributed by atoms with van der Waals surface area (Å²) >= 11 is 0. The number of likely N-dealkylation sites (tertiary alicyclic amines) is 1. The fraction of sp³-hybridized carbons (Fsp3) is 0.500. The van der Waals surface area contributed by atoms with Crippen molar-refractivity contribution in [1.82, 2.24) is 14.9 Å². The number of anilines is 1. The van der Waals surface area contributed by atoms with Gasteiger partial charge in [0.15, 0.2) is 0 Å². The molecule has 3 aliphatic rings. The zero-order chi connectivity index (χ0) is 20.9. The minimum atomic E-state index is -3.20. The number of hydrogen-bond acceptors (Lipinski definition) is 6. The first-order valence-electron chi connectivity index (χ1n) is 10.7. The molecule has 1 aromatic heterocycles. The summed E-state index contributed by atoms with van der Waals surface area (Å²) in [6.45, 7) is 4.57. The number of fused-ring (bicyclic) bond motifs is 1. The zero-order valence-corrected chi connectivity index (χ0v) is 18.1. The van der Waals surface area contributed by atoms with Crippen molar-refractivity contribution >= 4 is 21.6 Å². The Kier molecular flexibility index (Phi) is 4.76. The molecule has 0 spiro atoms. The third-order valence-electron chi connectivity index (χ3n) is 6.52. The van der Waals surface area contributed by atoms with Crippen molar-refractivity contribution < 1.29 is 9.00 Å². The van der Waals surface area contributed by atoms with Crippen molar-refractivity contribution in [3.05, 3.63) is 35.5 Å². The van der Waals surface area contributed by atoms with E-state index in [1.54, 1.807) is 17.0 Å². The zero-order valence-electron chi connectivity index (χ0n) is 17.3. The van der Waals surface area contributed by atoms with Crippen LogP contribution < -0.4 is 4.90 Å². The highest BCUT2D eigenvalue weighted by molar-refractivity contribution is 7.93. The number of benzene rings is 1. The summed E-state index contributed by atoms with van der Waals surface area (Å²) < 4.78 is 21.5. The van der Waals surface area contributed by atoms with E-state index in [4.69, 9.17) is 14.7 Å². The standard InChI is InChI=1S/C22H27N5O2S/c1-15-9-12-27(15)22-24-19-8-3-7-18(19)21(25-22)16-5-2-6-17(13-16)30(23,29)14-20(28)26-10-4-11-26/h2,5-6,13,15,23H,3-4,7-12,14H2,1H3/t15-,30?/m0/s1. The van der Waals surface area contributed by atoms with Crippen LogP contribution in [0.2, 0.25) is 0 Å². The van der Waals surface area contributed by atoms with Crippen LogP contribution in [0.1, 0.15) is 37.4 Å². The lowest BCUT2D eigenvalue weighted by Gasteiger charge is -2.39. The number of nitrogens with zero attached hydrogens (tertiary/aromatic N) is 4. The van der Waals surface area contributed by atoms with Gasteiger partial charge in [0.25, 0.3) is 0 Å². The first-order valence-corrected chi connectivity index (χ1v) is 12.5. The topological polar surface area (TPSA) is 90.2 Å². The fourth-order valence-electron chi connectivity index (χ4n) is 4.36. The lowest BCUT2D eigenvalue weighted by molar-refractivity contribution is -0.131. The minimum absolute atomic E-state index is 0.191.